The molecule has 0 atom stereocenters. The first-order chi connectivity index (χ1) is 10.4. The summed E-state index contributed by atoms with van der Waals surface area (Å²) in [4.78, 5) is 22.6. The number of nitrogens with one attached hydrogen (secondary N) is 3. The Bertz CT molecular complexity index is 697. The first kappa shape index (κ1) is 16.0. The van der Waals surface area contributed by atoms with Crippen LogP contribution in [0.4, 0.5) is 4.79 Å². The van der Waals surface area contributed by atoms with Crippen LogP contribution in [-0.4, -0.2) is 37.8 Å². The van der Waals surface area contributed by atoms with Crippen LogP contribution in [0, 0.1) is 5.41 Å². The van der Waals surface area contributed by atoms with E-state index < -0.39 is 11.7 Å². The second kappa shape index (κ2) is 6.59. The SMILES string of the molecule is CC(C)(C)OC(=O)NCCCCn1cnc2nc[nH]c2c1=N. The predicted octanol–water partition coefficient (Wildman–Crippen LogP) is 1.54. The van der Waals surface area contributed by atoms with E-state index in [1.807, 2.05) is 20.8 Å². The van der Waals surface area contributed by atoms with Gasteiger partial charge in [-0.3, -0.25) is 5.41 Å². The number of aryl methyl sites for hydroxylation is 1. The molecule has 0 spiro atoms. The summed E-state index contributed by atoms with van der Waals surface area (Å²) < 4.78 is 6.91. The van der Waals surface area contributed by atoms with Gasteiger partial charge in [-0.15, -0.1) is 0 Å². The lowest BCUT2D eigenvalue weighted by Gasteiger charge is -2.19. The second-order valence-electron chi connectivity index (χ2n) is 6.02. The van der Waals surface area contributed by atoms with Crippen molar-refractivity contribution in [2.24, 2.45) is 0 Å². The standard InChI is InChI=1S/C14H22N6O2/c1-14(2,3)22-13(21)16-6-4-5-7-20-9-19-12-10(11(20)15)17-8-18-12/h8-9,15H,4-7H2,1-3H3,(H,16,21)(H,17,18). The number of fused-ring (bicyclic) bond motifs is 1. The third kappa shape index (κ3) is 4.31. The molecular weight excluding hydrogens is 284 g/mol. The molecule has 0 saturated heterocycles. The van der Waals surface area contributed by atoms with Gasteiger partial charge in [-0.2, -0.15) is 0 Å². The number of carbonyl (C=O) groups is 1. The van der Waals surface area contributed by atoms with Crippen molar-refractivity contribution in [2.45, 2.75) is 45.8 Å². The maximum atomic E-state index is 11.5. The molecule has 0 aliphatic heterocycles. The Hall–Kier alpha value is -2.38. The van der Waals surface area contributed by atoms with Crippen LogP contribution in [0.15, 0.2) is 12.7 Å². The number of rotatable bonds is 5. The number of hydrogen-bond donors (Lipinski definition) is 3. The zero-order valence-electron chi connectivity index (χ0n) is 13.1. The molecule has 22 heavy (non-hydrogen) atoms. The van der Waals surface area contributed by atoms with Gasteiger partial charge in [-0.05, 0) is 33.6 Å². The van der Waals surface area contributed by atoms with Gasteiger partial charge in [0.05, 0.1) is 12.7 Å². The summed E-state index contributed by atoms with van der Waals surface area (Å²) in [5, 5.41) is 10.8. The lowest BCUT2D eigenvalue weighted by Crippen LogP contribution is -2.33. The molecule has 0 aromatic carbocycles. The summed E-state index contributed by atoms with van der Waals surface area (Å²) in [6.45, 7) is 6.70. The summed E-state index contributed by atoms with van der Waals surface area (Å²) in [5.41, 5.74) is 1.07. The molecule has 2 heterocycles. The summed E-state index contributed by atoms with van der Waals surface area (Å²) in [7, 11) is 0. The van der Waals surface area contributed by atoms with Crippen LogP contribution >= 0.6 is 0 Å². The number of hydrogen-bond acceptors (Lipinski definition) is 5. The third-order valence-corrected chi connectivity index (χ3v) is 2.96. The van der Waals surface area contributed by atoms with E-state index in [2.05, 4.69) is 20.3 Å². The van der Waals surface area contributed by atoms with Crippen molar-refractivity contribution < 1.29 is 9.53 Å². The van der Waals surface area contributed by atoms with E-state index in [4.69, 9.17) is 10.1 Å². The van der Waals surface area contributed by atoms with Gasteiger partial charge in [0, 0.05) is 13.1 Å². The third-order valence-electron chi connectivity index (χ3n) is 2.96. The van der Waals surface area contributed by atoms with Gasteiger partial charge in [0.2, 0.25) is 0 Å². The first-order valence-electron chi connectivity index (χ1n) is 7.27. The number of imidazole rings is 1. The molecule has 0 aliphatic carbocycles. The van der Waals surface area contributed by atoms with Crippen molar-refractivity contribution in [1.82, 2.24) is 24.8 Å². The highest BCUT2D eigenvalue weighted by Gasteiger charge is 2.15. The number of amides is 1. The molecule has 0 bridgehead atoms. The molecule has 0 aliphatic rings. The highest BCUT2D eigenvalue weighted by molar-refractivity contribution is 5.67. The van der Waals surface area contributed by atoms with Crippen molar-refractivity contribution in [2.75, 3.05) is 6.54 Å². The van der Waals surface area contributed by atoms with Gasteiger partial charge in [0.25, 0.3) is 0 Å². The minimum absolute atomic E-state index is 0.364. The number of nitrogens with zero attached hydrogens (tertiary/aromatic N) is 3. The molecule has 2 rings (SSSR count). The zero-order chi connectivity index (χ0) is 16.2. The second-order valence-corrected chi connectivity index (χ2v) is 6.02. The molecule has 2 aromatic heterocycles. The van der Waals surface area contributed by atoms with Crippen LogP contribution in [0.25, 0.3) is 11.2 Å². The van der Waals surface area contributed by atoms with Crippen molar-refractivity contribution >= 4 is 17.3 Å². The molecule has 0 fully saturated rings. The minimum Gasteiger partial charge on any atom is -0.444 e. The number of aromatic amines is 1. The monoisotopic (exact) mass is 306 g/mol. The molecule has 120 valence electrons. The van der Waals surface area contributed by atoms with E-state index in [0.717, 1.165) is 12.8 Å². The van der Waals surface area contributed by atoms with Gasteiger partial charge in [-0.1, -0.05) is 0 Å². The Labute approximate surface area is 128 Å². The normalized spacial score (nSPS) is 11.6. The smallest absolute Gasteiger partial charge is 0.407 e. The Morgan fingerprint density at radius 2 is 2.18 bits per heavy atom. The van der Waals surface area contributed by atoms with Crippen molar-refractivity contribution in [3.05, 3.63) is 18.1 Å². The first-order valence-corrected chi connectivity index (χ1v) is 7.27. The van der Waals surface area contributed by atoms with Crippen LogP contribution in [0.3, 0.4) is 0 Å². The Balaban J connectivity index is 1.75. The highest BCUT2D eigenvalue weighted by Crippen LogP contribution is 2.06. The quantitative estimate of drug-likeness (QED) is 0.728. The molecular formula is C14H22N6O2. The maximum Gasteiger partial charge on any atom is 0.407 e. The molecule has 0 radical (unpaired) electrons. The van der Waals surface area contributed by atoms with E-state index >= 15 is 0 Å². The average Bonchev–Trinajstić information content (AvgIpc) is 2.88. The van der Waals surface area contributed by atoms with Gasteiger partial charge in [-0.25, -0.2) is 14.8 Å². The fourth-order valence-corrected chi connectivity index (χ4v) is 1.97. The van der Waals surface area contributed by atoms with Crippen LogP contribution < -0.4 is 10.8 Å². The average molecular weight is 306 g/mol. The van der Waals surface area contributed by atoms with E-state index in [1.165, 1.54) is 6.33 Å². The number of unbranched alkanes of at least 4 members (excludes halogenated alkanes) is 1. The highest BCUT2D eigenvalue weighted by atomic mass is 16.6. The van der Waals surface area contributed by atoms with Crippen LogP contribution in [0.2, 0.25) is 0 Å². The van der Waals surface area contributed by atoms with Gasteiger partial charge >= 0.3 is 6.09 Å². The minimum atomic E-state index is -0.481. The molecule has 8 nitrogen and oxygen atoms in total. The Morgan fingerprint density at radius 1 is 1.41 bits per heavy atom. The van der Waals surface area contributed by atoms with Crippen LogP contribution in [0.1, 0.15) is 33.6 Å². The van der Waals surface area contributed by atoms with Crippen molar-refractivity contribution in [3.8, 4) is 0 Å². The van der Waals surface area contributed by atoms with E-state index in [0.29, 0.717) is 29.7 Å². The summed E-state index contributed by atoms with van der Waals surface area (Å²) >= 11 is 0. The molecule has 0 unspecified atom stereocenters. The summed E-state index contributed by atoms with van der Waals surface area (Å²) in [6.07, 6.45) is 4.37. The predicted molar refractivity (Wildman–Crippen MR) is 81.2 cm³/mol. The topological polar surface area (TPSA) is 109 Å². The molecule has 1 amide bonds. The molecule has 3 N–H and O–H groups in total. The number of ether oxygens (including phenoxy) is 1. The van der Waals surface area contributed by atoms with Gasteiger partial charge < -0.3 is 19.6 Å². The fourth-order valence-electron chi connectivity index (χ4n) is 1.97. The molecule has 0 saturated carbocycles. The largest absolute Gasteiger partial charge is 0.444 e. The number of H-pyrrole nitrogens is 1. The van der Waals surface area contributed by atoms with E-state index in [1.54, 1.807) is 10.9 Å². The summed E-state index contributed by atoms with van der Waals surface area (Å²) in [6, 6.07) is 0. The van der Waals surface area contributed by atoms with Crippen molar-refractivity contribution in [1.29, 1.82) is 5.41 Å². The van der Waals surface area contributed by atoms with Crippen molar-refractivity contribution in [3.63, 3.8) is 0 Å². The van der Waals surface area contributed by atoms with Crippen LogP contribution in [-0.2, 0) is 11.3 Å². The zero-order valence-corrected chi connectivity index (χ0v) is 13.1. The Morgan fingerprint density at radius 3 is 2.91 bits per heavy atom. The lowest BCUT2D eigenvalue weighted by molar-refractivity contribution is 0.0527. The van der Waals surface area contributed by atoms with Crippen LogP contribution in [0.5, 0.6) is 0 Å². The number of aromatic nitrogens is 4. The molecule has 8 heteroatoms. The number of carbonyl (C=O) groups excluding carboxylic acids is 1. The number of alkyl carbamates (subject to hydrolysis) is 1. The summed E-state index contributed by atoms with van der Waals surface area (Å²) in [5.74, 6) is 0. The maximum absolute atomic E-state index is 11.5. The Kier molecular flexibility index (Phi) is 4.79. The van der Waals surface area contributed by atoms with Gasteiger partial charge in [0.15, 0.2) is 11.1 Å². The van der Waals surface area contributed by atoms with E-state index in [-0.39, 0.29) is 0 Å². The molecule has 2 aromatic rings. The van der Waals surface area contributed by atoms with Gasteiger partial charge in [0.1, 0.15) is 11.1 Å². The fraction of sp³-hybridized carbons (Fsp3) is 0.571. The van der Waals surface area contributed by atoms with E-state index in [9.17, 15) is 4.79 Å². The lowest BCUT2D eigenvalue weighted by atomic mass is 10.2.